The zero-order valence-corrected chi connectivity index (χ0v) is 9.64. The van der Waals surface area contributed by atoms with Gasteiger partial charge in [-0.2, -0.15) is 0 Å². The maximum atomic E-state index is 6.21. The molecule has 2 nitrogen and oxygen atoms in total. The molecule has 2 aromatic rings. The Labute approximate surface area is 96.1 Å². The molecule has 1 heterocycles. The molecule has 2 N–H and O–H groups in total. The van der Waals surface area contributed by atoms with Crippen LogP contribution in [-0.2, 0) is 0 Å². The number of aryl methyl sites for hydroxylation is 2. The van der Waals surface area contributed by atoms with Crippen LogP contribution in [0.4, 0.5) is 0 Å². The third kappa shape index (κ3) is 2.28. The van der Waals surface area contributed by atoms with Crippen molar-refractivity contribution in [1.29, 1.82) is 0 Å². The van der Waals surface area contributed by atoms with Crippen LogP contribution in [0.15, 0.2) is 42.6 Å². The molecule has 16 heavy (non-hydrogen) atoms. The van der Waals surface area contributed by atoms with E-state index in [0.29, 0.717) is 0 Å². The first-order valence-corrected chi connectivity index (χ1v) is 5.41. The Hall–Kier alpha value is -1.67. The summed E-state index contributed by atoms with van der Waals surface area (Å²) in [4.78, 5) is 4.17. The van der Waals surface area contributed by atoms with Gasteiger partial charge in [-0.25, -0.2) is 0 Å². The highest BCUT2D eigenvalue weighted by molar-refractivity contribution is 5.32. The summed E-state index contributed by atoms with van der Waals surface area (Å²) in [5.41, 5.74) is 10.7. The molecule has 0 aliphatic carbocycles. The monoisotopic (exact) mass is 212 g/mol. The molecule has 82 valence electrons. The maximum absolute atomic E-state index is 6.21. The van der Waals surface area contributed by atoms with E-state index < -0.39 is 0 Å². The van der Waals surface area contributed by atoms with Gasteiger partial charge in [-0.3, -0.25) is 4.98 Å². The van der Waals surface area contributed by atoms with Crippen molar-refractivity contribution < 1.29 is 0 Å². The largest absolute Gasteiger partial charge is 0.320 e. The minimum atomic E-state index is -0.0673. The van der Waals surface area contributed by atoms with E-state index in [2.05, 4.69) is 36.2 Å². The number of nitrogens with two attached hydrogens (primary N) is 1. The van der Waals surface area contributed by atoms with E-state index in [0.717, 1.165) is 16.8 Å². The van der Waals surface area contributed by atoms with Gasteiger partial charge in [0.2, 0.25) is 0 Å². The molecule has 0 aliphatic rings. The lowest BCUT2D eigenvalue weighted by molar-refractivity contribution is 0.863. The summed E-state index contributed by atoms with van der Waals surface area (Å²) in [5, 5.41) is 0. The van der Waals surface area contributed by atoms with Crippen LogP contribution in [0, 0.1) is 13.8 Å². The second-order valence-corrected chi connectivity index (χ2v) is 4.12. The van der Waals surface area contributed by atoms with Gasteiger partial charge in [-0.05, 0) is 37.1 Å². The van der Waals surface area contributed by atoms with E-state index in [-0.39, 0.29) is 6.04 Å². The summed E-state index contributed by atoms with van der Waals surface area (Å²) in [5.74, 6) is 0. The van der Waals surface area contributed by atoms with Gasteiger partial charge in [-0.15, -0.1) is 0 Å². The summed E-state index contributed by atoms with van der Waals surface area (Å²) < 4.78 is 0. The topological polar surface area (TPSA) is 38.9 Å². The smallest absolute Gasteiger partial charge is 0.0552 e. The fourth-order valence-corrected chi connectivity index (χ4v) is 1.73. The predicted octanol–water partition coefficient (Wildman–Crippen LogP) is 2.75. The van der Waals surface area contributed by atoms with Crippen molar-refractivity contribution in [2.75, 3.05) is 0 Å². The molecule has 1 aromatic heterocycles. The van der Waals surface area contributed by atoms with Gasteiger partial charge < -0.3 is 5.73 Å². The average Bonchev–Trinajstić information content (AvgIpc) is 2.29. The summed E-state index contributed by atoms with van der Waals surface area (Å²) in [6, 6.07) is 12.3. The van der Waals surface area contributed by atoms with Gasteiger partial charge in [-0.1, -0.05) is 29.8 Å². The van der Waals surface area contributed by atoms with Crippen molar-refractivity contribution in [3.63, 3.8) is 0 Å². The standard InChI is InChI=1S/C14H16N2/c1-10-3-5-12(6-4-10)14(15)13-7-8-16-11(2)9-13/h3-9,14H,15H2,1-2H3. The summed E-state index contributed by atoms with van der Waals surface area (Å²) >= 11 is 0. The quantitative estimate of drug-likeness (QED) is 0.831. The van der Waals surface area contributed by atoms with Gasteiger partial charge >= 0.3 is 0 Å². The number of rotatable bonds is 2. The van der Waals surface area contributed by atoms with Crippen LogP contribution in [0.2, 0.25) is 0 Å². The molecule has 0 saturated carbocycles. The van der Waals surface area contributed by atoms with Crippen LogP contribution >= 0.6 is 0 Å². The number of benzene rings is 1. The molecule has 0 saturated heterocycles. The van der Waals surface area contributed by atoms with E-state index in [9.17, 15) is 0 Å². The first kappa shape index (κ1) is 10.8. The highest BCUT2D eigenvalue weighted by Gasteiger charge is 2.08. The maximum Gasteiger partial charge on any atom is 0.0552 e. The van der Waals surface area contributed by atoms with Crippen LogP contribution in [0.3, 0.4) is 0 Å². The van der Waals surface area contributed by atoms with Gasteiger partial charge in [0.1, 0.15) is 0 Å². The van der Waals surface area contributed by atoms with E-state index in [1.54, 1.807) is 6.20 Å². The van der Waals surface area contributed by atoms with Crippen molar-refractivity contribution >= 4 is 0 Å². The van der Waals surface area contributed by atoms with Gasteiger partial charge in [0.25, 0.3) is 0 Å². The lowest BCUT2D eigenvalue weighted by Gasteiger charge is -2.13. The molecule has 0 bridgehead atoms. The number of hydrogen-bond donors (Lipinski definition) is 1. The fourth-order valence-electron chi connectivity index (χ4n) is 1.73. The molecule has 1 unspecified atom stereocenters. The average molecular weight is 212 g/mol. The predicted molar refractivity (Wildman–Crippen MR) is 66.2 cm³/mol. The summed E-state index contributed by atoms with van der Waals surface area (Å²) in [6.07, 6.45) is 1.80. The van der Waals surface area contributed by atoms with Crippen LogP contribution in [0.5, 0.6) is 0 Å². The van der Waals surface area contributed by atoms with E-state index >= 15 is 0 Å². The third-order valence-electron chi connectivity index (χ3n) is 2.72. The number of nitrogens with zero attached hydrogens (tertiary/aromatic N) is 1. The molecule has 0 spiro atoms. The van der Waals surface area contributed by atoms with Crippen LogP contribution < -0.4 is 5.73 Å². The number of pyridine rings is 1. The second-order valence-electron chi connectivity index (χ2n) is 4.12. The molecule has 2 rings (SSSR count). The van der Waals surface area contributed by atoms with Crippen LogP contribution in [0.25, 0.3) is 0 Å². The Morgan fingerprint density at radius 3 is 2.31 bits per heavy atom. The Morgan fingerprint density at radius 2 is 1.69 bits per heavy atom. The molecule has 1 aromatic carbocycles. The Balaban J connectivity index is 2.31. The summed E-state index contributed by atoms with van der Waals surface area (Å²) in [6.45, 7) is 4.05. The minimum Gasteiger partial charge on any atom is -0.320 e. The van der Waals surface area contributed by atoms with Gasteiger partial charge in [0.15, 0.2) is 0 Å². The van der Waals surface area contributed by atoms with Crippen LogP contribution in [-0.4, -0.2) is 4.98 Å². The fraction of sp³-hybridized carbons (Fsp3) is 0.214. The number of aromatic nitrogens is 1. The normalized spacial score (nSPS) is 12.4. The Bertz CT molecular complexity index is 474. The number of hydrogen-bond acceptors (Lipinski definition) is 2. The van der Waals surface area contributed by atoms with Gasteiger partial charge in [0.05, 0.1) is 6.04 Å². The van der Waals surface area contributed by atoms with Crippen molar-refractivity contribution in [3.05, 3.63) is 65.0 Å². The Morgan fingerprint density at radius 1 is 1.00 bits per heavy atom. The molecule has 0 amide bonds. The highest BCUT2D eigenvalue weighted by Crippen LogP contribution is 2.19. The first-order valence-electron chi connectivity index (χ1n) is 5.41. The third-order valence-corrected chi connectivity index (χ3v) is 2.72. The SMILES string of the molecule is Cc1ccc(C(N)c2ccnc(C)c2)cc1. The van der Waals surface area contributed by atoms with Gasteiger partial charge in [0, 0.05) is 11.9 Å². The summed E-state index contributed by atoms with van der Waals surface area (Å²) in [7, 11) is 0. The van der Waals surface area contributed by atoms with Crippen molar-refractivity contribution in [2.24, 2.45) is 5.73 Å². The highest BCUT2D eigenvalue weighted by atomic mass is 14.7. The first-order chi connectivity index (χ1) is 7.66. The lowest BCUT2D eigenvalue weighted by atomic mass is 9.99. The zero-order chi connectivity index (χ0) is 11.5. The molecule has 2 heteroatoms. The second kappa shape index (κ2) is 4.45. The van der Waals surface area contributed by atoms with Crippen molar-refractivity contribution in [3.8, 4) is 0 Å². The zero-order valence-electron chi connectivity index (χ0n) is 9.64. The Kier molecular flexibility index (Phi) is 3.02. The molecule has 0 aliphatic heterocycles. The van der Waals surface area contributed by atoms with E-state index in [1.165, 1.54) is 5.56 Å². The molecule has 0 radical (unpaired) electrons. The molecule has 0 fully saturated rings. The van der Waals surface area contributed by atoms with E-state index in [4.69, 9.17) is 5.73 Å². The van der Waals surface area contributed by atoms with Crippen molar-refractivity contribution in [1.82, 2.24) is 4.98 Å². The lowest BCUT2D eigenvalue weighted by Crippen LogP contribution is -2.12. The van der Waals surface area contributed by atoms with Crippen LogP contribution in [0.1, 0.15) is 28.4 Å². The molecule has 1 atom stereocenters. The minimum absolute atomic E-state index is 0.0673. The van der Waals surface area contributed by atoms with Crippen molar-refractivity contribution in [2.45, 2.75) is 19.9 Å². The molecular formula is C14H16N2. The van der Waals surface area contributed by atoms with E-state index in [1.807, 2.05) is 19.1 Å². The molecular weight excluding hydrogens is 196 g/mol.